The van der Waals surface area contributed by atoms with Gasteiger partial charge in [-0.1, -0.05) is 121 Å². The summed E-state index contributed by atoms with van der Waals surface area (Å²) in [7, 11) is 0. The Balaban J connectivity index is 1.32. The van der Waals surface area contributed by atoms with Crippen molar-refractivity contribution in [1.29, 1.82) is 0 Å². The van der Waals surface area contributed by atoms with E-state index in [0.717, 1.165) is 44.9 Å². The van der Waals surface area contributed by atoms with Gasteiger partial charge in [-0.05, 0) is 41.0 Å². The maximum absolute atomic E-state index is 5.15. The first-order valence-electron chi connectivity index (χ1n) is 14.3. The normalized spacial score (nSPS) is 11.3. The van der Waals surface area contributed by atoms with E-state index in [0.29, 0.717) is 5.82 Å². The third kappa shape index (κ3) is 4.68. The van der Waals surface area contributed by atoms with Crippen LogP contribution in [0.15, 0.2) is 152 Å². The highest BCUT2D eigenvalue weighted by Gasteiger charge is 2.18. The third-order valence-corrected chi connectivity index (χ3v) is 8.92. The van der Waals surface area contributed by atoms with Crippen molar-refractivity contribution in [3.8, 4) is 56.3 Å². The standard InChI is InChI=1S/C39H25N3S/c1-3-11-26(12-4-1)27-20-22-29(23-21-27)39-41-33(28-13-5-2-6-14-28)25-34(42-39)38-31(17-10-24-40-38)30-16-9-19-36-37(30)32-15-7-8-18-35(32)43-36/h1-25H. The molecule has 0 saturated heterocycles. The van der Waals surface area contributed by atoms with Crippen LogP contribution < -0.4 is 0 Å². The van der Waals surface area contributed by atoms with Gasteiger partial charge < -0.3 is 0 Å². The Morgan fingerprint density at radius 1 is 0.442 bits per heavy atom. The second kappa shape index (κ2) is 10.8. The van der Waals surface area contributed by atoms with Crippen LogP contribution in [0, 0.1) is 0 Å². The van der Waals surface area contributed by atoms with Gasteiger partial charge in [-0.15, -0.1) is 11.3 Å². The molecule has 8 aromatic rings. The summed E-state index contributed by atoms with van der Waals surface area (Å²) in [5.41, 5.74) is 9.05. The molecule has 0 aliphatic rings. The minimum absolute atomic E-state index is 0.673. The van der Waals surface area contributed by atoms with Crippen molar-refractivity contribution in [2.45, 2.75) is 0 Å². The minimum Gasteiger partial charge on any atom is -0.254 e. The van der Waals surface area contributed by atoms with Gasteiger partial charge in [0.15, 0.2) is 5.82 Å². The molecule has 0 N–H and O–H groups in total. The van der Waals surface area contributed by atoms with Gasteiger partial charge in [0, 0.05) is 43.1 Å². The molecular formula is C39H25N3S. The van der Waals surface area contributed by atoms with E-state index < -0.39 is 0 Å². The highest BCUT2D eigenvalue weighted by atomic mass is 32.1. The van der Waals surface area contributed by atoms with Gasteiger partial charge in [0.05, 0.1) is 17.1 Å². The molecular weight excluding hydrogens is 543 g/mol. The number of benzene rings is 5. The predicted octanol–water partition coefficient (Wildman–Crippen LogP) is 10.6. The van der Waals surface area contributed by atoms with Gasteiger partial charge in [-0.2, -0.15) is 0 Å². The molecule has 0 amide bonds. The molecule has 202 valence electrons. The average Bonchev–Trinajstić information content (AvgIpc) is 3.48. The number of fused-ring (bicyclic) bond motifs is 3. The van der Waals surface area contributed by atoms with Crippen molar-refractivity contribution >= 4 is 31.5 Å². The van der Waals surface area contributed by atoms with Crippen molar-refractivity contribution in [3.05, 3.63) is 152 Å². The fourth-order valence-electron chi connectivity index (χ4n) is 5.72. The molecule has 0 atom stereocenters. The number of hydrogen-bond donors (Lipinski definition) is 0. The summed E-state index contributed by atoms with van der Waals surface area (Å²) in [6, 6.07) is 50.6. The van der Waals surface area contributed by atoms with E-state index in [2.05, 4.69) is 115 Å². The summed E-state index contributed by atoms with van der Waals surface area (Å²) in [5.74, 6) is 0.673. The number of hydrogen-bond acceptors (Lipinski definition) is 4. The molecule has 3 heterocycles. The van der Waals surface area contributed by atoms with Crippen LogP contribution in [0.5, 0.6) is 0 Å². The van der Waals surface area contributed by atoms with E-state index in [1.807, 2.05) is 47.9 Å². The third-order valence-electron chi connectivity index (χ3n) is 7.79. The molecule has 3 aromatic heterocycles. The number of thiophene rings is 1. The molecule has 0 saturated carbocycles. The van der Waals surface area contributed by atoms with Crippen molar-refractivity contribution < 1.29 is 0 Å². The van der Waals surface area contributed by atoms with Crippen LogP contribution in [-0.4, -0.2) is 15.0 Å². The first-order chi connectivity index (χ1) is 21.3. The minimum atomic E-state index is 0.673. The maximum atomic E-state index is 5.15. The molecule has 0 aliphatic carbocycles. The van der Waals surface area contributed by atoms with E-state index in [1.165, 1.54) is 25.7 Å². The predicted molar refractivity (Wildman–Crippen MR) is 180 cm³/mol. The number of aromatic nitrogens is 3. The van der Waals surface area contributed by atoms with E-state index in [4.69, 9.17) is 15.0 Å². The molecule has 5 aromatic carbocycles. The Kier molecular flexibility index (Phi) is 6.32. The van der Waals surface area contributed by atoms with Crippen LogP contribution in [-0.2, 0) is 0 Å². The van der Waals surface area contributed by atoms with Crippen LogP contribution in [0.25, 0.3) is 76.5 Å². The molecule has 43 heavy (non-hydrogen) atoms. The highest BCUT2D eigenvalue weighted by Crippen LogP contribution is 2.42. The lowest BCUT2D eigenvalue weighted by Crippen LogP contribution is -1.98. The van der Waals surface area contributed by atoms with Crippen LogP contribution in [0.3, 0.4) is 0 Å². The molecule has 0 aliphatic heterocycles. The Labute approximate surface area is 253 Å². The molecule has 8 rings (SSSR count). The summed E-state index contributed by atoms with van der Waals surface area (Å²) >= 11 is 1.83. The van der Waals surface area contributed by atoms with E-state index in [9.17, 15) is 0 Å². The average molecular weight is 568 g/mol. The summed E-state index contributed by atoms with van der Waals surface area (Å²) < 4.78 is 2.55. The smallest absolute Gasteiger partial charge is 0.160 e. The monoisotopic (exact) mass is 567 g/mol. The van der Waals surface area contributed by atoms with Gasteiger partial charge >= 0.3 is 0 Å². The van der Waals surface area contributed by atoms with Gasteiger partial charge in [-0.25, -0.2) is 9.97 Å². The highest BCUT2D eigenvalue weighted by molar-refractivity contribution is 7.25. The Bertz CT molecular complexity index is 2220. The Morgan fingerprint density at radius 3 is 1.88 bits per heavy atom. The molecule has 4 heteroatoms. The second-order valence-electron chi connectivity index (χ2n) is 10.4. The lowest BCUT2D eigenvalue weighted by molar-refractivity contribution is 1.16. The molecule has 0 spiro atoms. The summed E-state index contributed by atoms with van der Waals surface area (Å²) in [5, 5.41) is 2.52. The van der Waals surface area contributed by atoms with E-state index in [1.54, 1.807) is 0 Å². The van der Waals surface area contributed by atoms with Gasteiger partial charge in [0.25, 0.3) is 0 Å². The summed E-state index contributed by atoms with van der Waals surface area (Å²) in [6.45, 7) is 0. The van der Waals surface area contributed by atoms with Crippen molar-refractivity contribution in [1.82, 2.24) is 15.0 Å². The van der Waals surface area contributed by atoms with E-state index in [-0.39, 0.29) is 0 Å². The van der Waals surface area contributed by atoms with Gasteiger partial charge in [0.2, 0.25) is 0 Å². The zero-order chi connectivity index (χ0) is 28.6. The first-order valence-corrected chi connectivity index (χ1v) is 15.1. The van der Waals surface area contributed by atoms with Crippen molar-refractivity contribution in [2.75, 3.05) is 0 Å². The SMILES string of the molecule is c1ccc(-c2ccc(-c3nc(-c4ccccc4)cc(-c4ncccc4-c4cccc5sc6ccccc6c45)n3)cc2)cc1. The zero-order valence-electron chi connectivity index (χ0n) is 23.2. The zero-order valence-corrected chi connectivity index (χ0v) is 24.0. The molecule has 0 fully saturated rings. The largest absolute Gasteiger partial charge is 0.254 e. The quantitative estimate of drug-likeness (QED) is 0.208. The van der Waals surface area contributed by atoms with Gasteiger partial charge in [-0.3, -0.25) is 4.98 Å². The summed E-state index contributed by atoms with van der Waals surface area (Å²) in [6.07, 6.45) is 1.85. The maximum Gasteiger partial charge on any atom is 0.160 e. The Hall–Kier alpha value is -5.45. The fourth-order valence-corrected chi connectivity index (χ4v) is 6.85. The van der Waals surface area contributed by atoms with Gasteiger partial charge in [0.1, 0.15) is 0 Å². The van der Waals surface area contributed by atoms with Crippen LogP contribution in [0.2, 0.25) is 0 Å². The molecule has 0 radical (unpaired) electrons. The lowest BCUT2D eigenvalue weighted by atomic mass is 9.96. The van der Waals surface area contributed by atoms with Crippen molar-refractivity contribution in [3.63, 3.8) is 0 Å². The van der Waals surface area contributed by atoms with E-state index >= 15 is 0 Å². The molecule has 3 nitrogen and oxygen atoms in total. The Morgan fingerprint density at radius 2 is 1.07 bits per heavy atom. The van der Waals surface area contributed by atoms with Crippen LogP contribution >= 0.6 is 11.3 Å². The number of nitrogens with zero attached hydrogens (tertiary/aromatic N) is 3. The number of pyridine rings is 1. The summed E-state index contributed by atoms with van der Waals surface area (Å²) in [4.78, 5) is 15.1. The van der Waals surface area contributed by atoms with Crippen LogP contribution in [0.4, 0.5) is 0 Å². The lowest BCUT2D eigenvalue weighted by Gasteiger charge is -2.13. The first kappa shape index (κ1) is 25.3. The van der Waals surface area contributed by atoms with Crippen molar-refractivity contribution in [2.24, 2.45) is 0 Å². The molecule has 0 bridgehead atoms. The topological polar surface area (TPSA) is 38.7 Å². The second-order valence-corrected chi connectivity index (χ2v) is 11.5. The van der Waals surface area contributed by atoms with Crippen LogP contribution in [0.1, 0.15) is 0 Å². The number of rotatable bonds is 5. The molecule has 0 unspecified atom stereocenters. The fraction of sp³-hybridized carbons (Fsp3) is 0.